The van der Waals surface area contributed by atoms with E-state index in [1.807, 2.05) is 77.1 Å². The number of hydrogen-bond donors (Lipinski definition) is 2. The van der Waals surface area contributed by atoms with Crippen LogP contribution < -0.4 is 4.90 Å². The van der Waals surface area contributed by atoms with Gasteiger partial charge in [-0.15, -0.1) is 0 Å². The zero-order valence-corrected chi connectivity index (χ0v) is 31.0. The van der Waals surface area contributed by atoms with Crippen LogP contribution in [0.25, 0.3) is 0 Å². The summed E-state index contributed by atoms with van der Waals surface area (Å²) in [6, 6.07) is 22.5. The van der Waals surface area contributed by atoms with E-state index in [9.17, 15) is 28.2 Å². The van der Waals surface area contributed by atoms with Crippen LogP contribution in [0.15, 0.2) is 125 Å². The van der Waals surface area contributed by atoms with E-state index in [0.29, 0.717) is 24.0 Å². The van der Waals surface area contributed by atoms with Gasteiger partial charge in [-0.2, -0.15) is 13.0 Å². The van der Waals surface area contributed by atoms with Crippen molar-refractivity contribution >= 4 is 39.1 Å². The molecular formula is C42H45N2O7S+. The Kier molecular flexibility index (Phi) is 9.89. The molecule has 52 heavy (non-hydrogen) atoms. The van der Waals surface area contributed by atoms with Crippen LogP contribution in [0.5, 0.6) is 0 Å². The van der Waals surface area contributed by atoms with Crippen molar-refractivity contribution in [1.82, 2.24) is 0 Å². The fourth-order valence-electron chi connectivity index (χ4n) is 7.53. The predicted molar refractivity (Wildman–Crippen MR) is 202 cm³/mol. The molecule has 0 atom stereocenters. The third kappa shape index (κ3) is 6.99. The van der Waals surface area contributed by atoms with Crippen LogP contribution in [-0.4, -0.2) is 53.9 Å². The minimum absolute atomic E-state index is 0.0428. The summed E-state index contributed by atoms with van der Waals surface area (Å²) in [6.45, 7) is 10.9. The molecule has 0 saturated carbocycles. The predicted octanol–water partition coefficient (Wildman–Crippen LogP) is 7.94. The van der Waals surface area contributed by atoms with Crippen molar-refractivity contribution < 1.29 is 37.0 Å². The normalized spacial score (nSPS) is 19.2. The van der Waals surface area contributed by atoms with Crippen LogP contribution in [0.1, 0.15) is 70.1 Å². The second-order valence-corrected chi connectivity index (χ2v) is 16.1. The van der Waals surface area contributed by atoms with Crippen molar-refractivity contribution in [2.45, 2.75) is 76.0 Å². The van der Waals surface area contributed by atoms with Gasteiger partial charge in [0, 0.05) is 41.1 Å². The molecule has 0 radical (unpaired) electrons. The minimum atomic E-state index is -4.20. The van der Waals surface area contributed by atoms with Crippen LogP contribution in [0.4, 0.5) is 11.4 Å². The van der Waals surface area contributed by atoms with Gasteiger partial charge in [-0.25, -0.2) is 0 Å². The zero-order chi connectivity index (χ0) is 37.4. The van der Waals surface area contributed by atoms with Crippen LogP contribution in [0.3, 0.4) is 0 Å². The summed E-state index contributed by atoms with van der Waals surface area (Å²) in [5.41, 5.74) is 7.33. The summed E-state index contributed by atoms with van der Waals surface area (Å²) in [5.74, 6) is -1.52. The van der Waals surface area contributed by atoms with Crippen LogP contribution in [0.2, 0.25) is 0 Å². The smallest absolute Gasteiger partial charge is 0.339 e. The number of fused-ring (bicyclic) bond motifs is 2. The maximum Gasteiger partial charge on any atom is 0.339 e. The summed E-state index contributed by atoms with van der Waals surface area (Å²) in [7, 11) is -4.20. The van der Waals surface area contributed by atoms with Crippen molar-refractivity contribution in [2.24, 2.45) is 0 Å². The first kappa shape index (κ1) is 36.6. The first-order valence-electron chi connectivity index (χ1n) is 17.5. The summed E-state index contributed by atoms with van der Waals surface area (Å²) in [4.78, 5) is 25.3. The molecule has 3 aromatic rings. The molecule has 3 aliphatic rings. The maximum absolute atomic E-state index is 13.8. The number of hydrogen-bond acceptors (Lipinski definition) is 6. The van der Waals surface area contributed by atoms with Crippen molar-refractivity contribution in [2.75, 3.05) is 18.0 Å². The molecule has 270 valence electrons. The third-order valence-electron chi connectivity index (χ3n) is 10.3. The van der Waals surface area contributed by atoms with Gasteiger partial charge in [0.05, 0.1) is 11.8 Å². The van der Waals surface area contributed by atoms with Gasteiger partial charge < -0.3 is 19.3 Å². The molecule has 0 unspecified atom stereocenters. The quantitative estimate of drug-likeness (QED) is 0.143. The number of nitrogens with zero attached hydrogens (tertiary/aromatic N) is 2. The standard InChI is InChI=1S/C42H44N2O7S/c1-28-14-20-31(21-15-28)52(49,50)51-40-29(18-22-36-41(2,3)32-10-6-8-12-34(32)43(36)26-24-38(45)46)16-17-30(40)19-23-37-42(4,5)33-11-7-9-13-35(33)44(37)27-25-39(47)48/h6-15,18-23H,16-17,24-27H2,1-5H3,(H-,45,46,47,48)/p+1. The van der Waals surface area contributed by atoms with Gasteiger partial charge in [0.25, 0.3) is 0 Å². The molecule has 0 amide bonds. The van der Waals surface area contributed by atoms with Gasteiger partial charge in [-0.05, 0) is 80.7 Å². The van der Waals surface area contributed by atoms with Crippen molar-refractivity contribution in [3.63, 3.8) is 0 Å². The Balaban J connectivity index is 1.45. The first-order chi connectivity index (χ1) is 24.6. The lowest BCUT2D eigenvalue weighted by atomic mass is 9.81. The first-order valence-corrected chi connectivity index (χ1v) is 18.9. The average Bonchev–Trinajstić information content (AvgIpc) is 3.64. The summed E-state index contributed by atoms with van der Waals surface area (Å²) in [6.07, 6.45) is 8.69. The Labute approximate surface area is 305 Å². The molecule has 0 aromatic heterocycles. The van der Waals surface area contributed by atoms with Crippen LogP contribution in [0, 0.1) is 6.92 Å². The van der Waals surface area contributed by atoms with Gasteiger partial charge in [0.15, 0.2) is 12.3 Å². The van der Waals surface area contributed by atoms with Gasteiger partial charge in [-0.1, -0.05) is 74.0 Å². The summed E-state index contributed by atoms with van der Waals surface area (Å²) >= 11 is 0. The molecular weight excluding hydrogens is 677 g/mol. The van der Waals surface area contributed by atoms with E-state index >= 15 is 0 Å². The molecule has 0 fully saturated rings. The Hall–Kier alpha value is -5.22. The van der Waals surface area contributed by atoms with Crippen molar-refractivity contribution in [1.29, 1.82) is 0 Å². The SMILES string of the molecule is Cc1ccc(S(=O)(=O)OC2=C(/C=C/C3=[N+](CCC(=O)O)c4ccccc4C3(C)C)CC/C2=C\C=C2\N(CCC(=O)O)c3ccccc3C2(C)C)cc1. The van der Waals surface area contributed by atoms with E-state index in [0.717, 1.165) is 39.5 Å². The molecule has 0 spiro atoms. The zero-order valence-electron chi connectivity index (χ0n) is 30.2. The molecule has 6 rings (SSSR count). The third-order valence-corrected chi connectivity index (χ3v) is 11.6. The Bertz CT molecular complexity index is 2200. The number of anilines is 1. The highest BCUT2D eigenvalue weighted by Crippen LogP contribution is 2.48. The maximum atomic E-state index is 13.8. The largest absolute Gasteiger partial charge is 0.481 e. The number of para-hydroxylation sites is 2. The number of benzene rings is 3. The van der Waals surface area contributed by atoms with Gasteiger partial charge >= 0.3 is 22.1 Å². The lowest BCUT2D eigenvalue weighted by Crippen LogP contribution is -2.28. The number of carbonyl (C=O) groups is 2. The molecule has 2 aliphatic heterocycles. The fourth-order valence-corrected chi connectivity index (χ4v) is 8.53. The number of aryl methyl sites for hydroxylation is 1. The number of allylic oxidation sites excluding steroid dienone is 7. The van der Waals surface area contributed by atoms with E-state index in [1.54, 1.807) is 12.1 Å². The van der Waals surface area contributed by atoms with Crippen molar-refractivity contribution in [3.8, 4) is 0 Å². The number of aliphatic carboxylic acids is 2. The van der Waals surface area contributed by atoms with E-state index in [1.165, 1.54) is 12.1 Å². The lowest BCUT2D eigenvalue weighted by molar-refractivity contribution is -0.436. The molecule has 10 heteroatoms. The summed E-state index contributed by atoms with van der Waals surface area (Å²) < 4.78 is 35.6. The monoisotopic (exact) mass is 721 g/mol. The second kappa shape index (κ2) is 14.1. The summed E-state index contributed by atoms with van der Waals surface area (Å²) in [5, 5.41) is 19.1. The highest BCUT2D eigenvalue weighted by Gasteiger charge is 2.44. The second-order valence-electron chi connectivity index (χ2n) is 14.5. The van der Waals surface area contributed by atoms with Crippen molar-refractivity contribution in [3.05, 3.63) is 136 Å². The molecule has 0 saturated heterocycles. The van der Waals surface area contributed by atoms with E-state index in [-0.39, 0.29) is 36.6 Å². The van der Waals surface area contributed by atoms with Gasteiger partial charge in [-0.3, -0.25) is 9.59 Å². The molecule has 0 bridgehead atoms. The molecule has 9 nitrogen and oxygen atoms in total. The topological polar surface area (TPSA) is 124 Å². The van der Waals surface area contributed by atoms with Crippen LogP contribution >= 0.6 is 0 Å². The number of carboxylic acid groups (broad SMARTS) is 2. The Morgan fingerprint density at radius 2 is 1.48 bits per heavy atom. The van der Waals surface area contributed by atoms with Gasteiger partial charge in [0.2, 0.25) is 5.69 Å². The molecule has 3 aromatic carbocycles. The van der Waals surface area contributed by atoms with E-state index in [4.69, 9.17) is 4.18 Å². The molecule has 1 aliphatic carbocycles. The van der Waals surface area contributed by atoms with Gasteiger partial charge in [0.1, 0.15) is 17.1 Å². The fraction of sp³-hybridized carbons (Fsp3) is 0.310. The number of carboxylic acids is 2. The number of rotatable bonds is 12. The highest BCUT2D eigenvalue weighted by molar-refractivity contribution is 7.86. The van der Waals surface area contributed by atoms with E-state index in [2.05, 4.69) is 39.8 Å². The average molecular weight is 722 g/mol. The minimum Gasteiger partial charge on any atom is -0.481 e. The highest BCUT2D eigenvalue weighted by atomic mass is 32.2. The Morgan fingerprint density at radius 3 is 2.17 bits per heavy atom. The molecule has 2 heterocycles. The Morgan fingerprint density at radius 1 is 0.827 bits per heavy atom. The lowest BCUT2D eigenvalue weighted by Gasteiger charge is -2.26. The van der Waals surface area contributed by atoms with Crippen LogP contribution in [-0.2, 0) is 34.7 Å². The van der Waals surface area contributed by atoms with E-state index < -0.39 is 32.9 Å². The molecule has 2 N–H and O–H groups in total.